The van der Waals surface area contributed by atoms with Crippen molar-refractivity contribution >= 4 is 30.4 Å². The summed E-state index contributed by atoms with van der Waals surface area (Å²) < 4.78 is 12.1. The monoisotopic (exact) mass is 446 g/mol. The van der Waals surface area contributed by atoms with Crippen molar-refractivity contribution in [2.24, 2.45) is 5.92 Å². The van der Waals surface area contributed by atoms with E-state index in [1.807, 2.05) is 65.8 Å². The number of benzene rings is 1. The molecule has 1 aliphatic rings. The minimum absolute atomic E-state index is 0.110. The Kier molecular flexibility index (Phi) is 8.12. The topological polar surface area (TPSA) is 114 Å². The Morgan fingerprint density at radius 2 is 1.50 bits per heavy atom. The van der Waals surface area contributed by atoms with Gasteiger partial charge in [0.25, 0.3) is 0 Å². The summed E-state index contributed by atoms with van der Waals surface area (Å²) >= 11 is 0. The first-order chi connectivity index (χ1) is 14.7. The summed E-state index contributed by atoms with van der Waals surface area (Å²) in [6.07, 6.45) is 0.528. The summed E-state index contributed by atoms with van der Waals surface area (Å²) in [5.41, 5.74) is 0.689. The molecular formula is C23H35BN2O6. The quantitative estimate of drug-likeness (QED) is 0.497. The highest BCUT2D eigenvalue weighted by Crippen LogP contribution is 2.36. The molecule has 32 heavy (non-hydrogen) atoms. The largest absolute Gasteiger partial charge is 0.494 e. The molecular weight excluding hydrogens is 411 g/mol. The molecule has 0 radical (unpaired) electrons. The van der Waals surface area contributed by atoms with Crippen molar-refractivity contribution in [3.05, 3.63) is 29.8 Å². The molecule has 1 saturated heterocycles. The Labute approximate surface area is 190 Å². The van der Waals surface area contributed by atoms with Gasteiger partial charge in [0, 0.05) is 13.3 Å². The zero-order chi connectivity index (χ0) is 24.3. The van der Waals surface area contributed by atoms with E-state index in [9.17, 15) is 19.5 Å². The summed E-state index contributed by atoms with van der Waals surface area (Å²) in [6.45, 7) is 13.1. The Bertz CT molecular complexity index is 821. The van der Waals surface area contributed by atoms with E-state index >= 15 is 0 Å². The highest BCUT2D eigenvalue weighted by molar-refractivity contribution is 6.62. The van der Waals surface area contributed by atoms with E-state index in [0.29, 0.717) is 6.42 Å². The summed E-state index contributed by atoms with van der Waals surface area (Å²) in [6, 6.07) is 5.41. The molecule has 0 unspecified atom stereocenters. The lowest BCUT2D eigenvalue weighted by atomic mass is 9.78. The van der Waals surface area contributed by atoms with E-state index < -0.39 is 42.3 Å². The Hall–Kier alpha value is -2.39. The molecule has 3 N–H and O–H groups in total. The van der Waals surface area contributed by atoms with Crippen LogP contribution in [0.4, 0.5) is 0 Å². The zero-order valence-corrected chi connectivity index (χ0v) is 20.0. The molecule has 1 aromatic carbocycles. The second-order valence-electron chi connectivity index (χ2n) is 9.82. The second kappa shape index (κ2) is 10.0. The van der Waals surface area contributed by atoms with Crippen LogP contribution in [-0.4, -0.2) is 53.3 Å². The highest BCUT2D eigenvalue weighted by atomic mass is 16.7. The molecule has 1 aliphatic heterocycles. The number of nitrogens with one attached hydrogen (secondary N) is 2. The lowest BCUT2D eigenvalue weighted by molar-refractivity contribution is -0.142. The normalized spacial score (nSPS) is 18.8. The number of aliphatic carboxylic acids is 1. The van der Waals surface area contributed by atoms with Gasteiger partial charge in [0.05, 0.1) is 11.2 Å². The molecule has 2 rings (SSSR count). The average molecular weight is 446 g/mol. The summed E-state index contributed by atoms with van der Waals surface area (Å²) in [5.74, 6) is -1.82. The number of carboxylic acid groups (broad SMARTS) is 1. The molecule has 1 heterocycles. The van der Waals surface area contributed by atoms with Gasteiger partial charge in [-0.1, -0.05) is 38.1 Å². The number of rotatable bonds is 9. The van der Waals surface area contributed by atoms with Gasteiger partial charge < -0.3 is 25.0 Å². The molecule has 2 amide bonds. The van der Waals surface area contributed by atoms with Gasteiger partial charge in [0.1, 0.15) is 12.1 Å². The van der Waals surface area contributed by atoms with Gasteiger partial charge in [-0.25, -0.2) is 4.79 Å². The lowest BCUT2D eigenvalue weighted by Crippen LogP contribution is -2.52. The number of carbonyl (C=O) groups excluding carboxylic acids is 2. The third kappa shape index (κ3) is 6.56. The number of carbonyl (C=O) groups is 3. The number of hydrogen-bond acceptors (Lipinski definition) is 5. The van der Waals surface area contributed by atoms with Gasteiger partial charge in [0.15, 0.2) is 0 Å². The Morgan fingerprint density at radius 3 is 1.94 bits per heavy atom. The zero-order valence-electron chi connectivity index (χ0n) is 20.0. The van der Waals surface area contributed by atoms with Gasteiger partial charge in [-0.05, 0) is 51.1 Å². The first-order valence-electron chi connectivity index (χ1n) is 11.0. The molecule has 1 fully saturated rings. The van der Waals surface area contributed by atoms with Gasteiger partial charge in [-0.15, -0.1) is 0 Å². The van der Waals surface area contributed by atoms with Gasteiger partial charge in [-0.3, -0.25) is 9.59 Å². The van der Waals surface area contributed by atoms with Crippen LogP contribution in [0.2, 0.25) is 0 Å². The molecule has 0 aliphatic carbocycles. The molecule has 0 aromatic heterocycles. The van der Waals surface area contributed by atoms with Crippen LogP contribution < -0.4 is 16.1 Å². The van der Waals surface area contributed by atoms with Crippen molar-refractivity contribution in [3.63, 3.8) is 0 Å². The Morgan fingerprint density at radius 1 is 0.969 bits per heavy atom. The van der Waals surface area contributed by atoms with Crippen LogP contribution in [0.15, 0.2) is 24.3 Å². The van der Waals surface area contributed by atoms with Gasteiger partial charge >= 0.3 is 13.1 Å². The predicted molar refractivity (Wildman–Crippen MR) is 122 cm³/mol. The fourth-order valence-corrected chi connectivity index (χ4v) is 3.45. The summed E-state index contributed by atoms with van der Waals surface area (Å²) in [7, 11) is -0.501. The van der Waals surface area contributed by atoms with Crippen LogP contribution in [0.5, 0.6) is 0 Å². The van der Waals surface area contributed by atoms with Gasteiger partial charge in [0.2, 0.25) is 11.8 Å². The Balaban J connectivity index is 2.07. The average Bonchev–Trinajstić information content (AvgIpc) is 2.87. The molecule has 9 heteroatoms. The minimum Gasteiger partial charge on any atom is -0.480 e. The van der Waals surface area contributed by atoms with Crippen molar-refractivity contribution in [2.75, 3.05) is 0 Å². The first kappa shape index (κ1) is 25.9. The maximum absolute atomic E-state index is 12.6. The summed E-state index contributed by atoms with van der Waals surface area (Å²) in [4.78, 5) is 35.9. The maximum Gasteiger partial charge on any atom is 0.494 e. The molecule has 0 saturated carbocycles. The van der Waals surface area contributed by atoms with Crippen LogP contribution in [-0.2, 0) is 30.1 Å². The van der Waals surface area contributed by atoms with E-state index in [1.54, 1.807) is 0 Å². The van der Waals surface area contributed by atoms with Crippen LogP contribution in [0, 0.1) is 5.92 Å². The number of carboxylic acids is 1. The van der Waals surface area contributed by atoms with Crippen molar-refractivity contribution < 1.29 is 28.8 Å². The molecule has 0 bridgehead atoms. The van der Waals surface area contributed by atoms with Crippen molar-refractivity contribution in [1.82, 2.24) is 10.6 Å². The molecule has 2 atom stereocenters. The van der Waals surface area contributed by atoms with E-state index in [-0.39, 0.29) is 18.2 Å². The maximum atomic E-state index is 12.6. The first-order valence-corrected chi connectivity index (χ1v) is 11.0. The second-order valence-corrected chi connectivity index (χ2v) is 9.82. The van der Waals surface area contributed by atoms with Crippen LogP contribution in [0.25, 0.3) is 0 Å². The highest BCUT2D eigenvalue weighted by Gasteiger charge is 2.51. The van der Waals surface area contributed by atoms with Crippen LogP contribution in [0.1, 0.15) is 60.5 Å². The van der Waals surface area contributed by atoms with Crippen LogP contribution >= 0.6 is 0 Å². The smallest absolute Gasteiger partial charge is 0.480 e. The lowest BCUT2D eigenvalue weighted by Gasteiger charge is -2.32. The molecule has 8 nitrogen and oxygen atoms in total. The van der Waals surface area contributed by atoms with Gasteiger partial charge in [-0.2, -0.15) is 0 Å². The molecule has 0 spiro atoms. The fraction of sp³-hybridized carbons (Fsp3) is 0.609. The van der Waals surface area contributed by atoms with E-state index in [4.69, 9.17) is 9.31 Å². The molecule has 1 aromatic rings. The predicted octanol–water partition coefficient (Wildman–Crippen LogP) is 1.65. The standard InChI is InChI=1S/C23H35BN2O6/c1-14(2)12-18(25-15(3)27)20(28)26-19(21(29)30)13-16-8-10-17(11-9-16)24-31-22(4,5)23(6,7)32-24/h8-11,14,18-19H,12-13H2,1-7H3,(H,25,27)(H,26,28)(H,29,30)/t18-,19-/m0/s1. The minimum atomic E-state index is -1.14. The van der Waals surface area contributed by atoms with Crippen molar-refractivity contribution in [1.29, 1.82) is 0 Å². The van der Waals surface area contributed by atoms with Crippen molar-refractivity contribution in [2.45, 2.75) is 84.6 Å². The summed E-state index contributed by atoms with van der Waals surface area (Å²) in [5, 5.41) is 14.8. The van der Waals surface area contributed by atoms with E-state index in [1.165, 1.54) is 6.92 Å². The SMILES string of the molecule is CC(=O)N[C@@H](CC(C)C)C(=O)N[C@@H](Cc1ccc(B2OC(C)(C)C(C)(C)O2)cc1)C(=O)O. The van der Waals surface area contributed by atoms with E-state index in [2.05, 4.69) is 10.6 Å². The molecule has 176 valence electrons. The van der Waals surface area contributed by atoms with E-state index in [0.717, 1.165) is 11.0 Å². The number of hydrogen-bond donors (Lipinski definition) is 3. The van der Waals surface area contributed by atoms with Crippen molar-refractivity contribution in [3.8, 4) is 0 Å². The fourth-order valence-electron chi connectivity index (χ4n) is 3.45. The number of amides is 2. The third-order valence-corrected chi connectivity index (χ3v) is 5.96. The van der Waals surface area contributed by atoms with Crippen LogP contribution in [0.3, 0.4) is 0 Å². The third-order valence-electron chi connectivity index (χ3n) is 5.96.